The number of ketones is 1. The molecule has 1 saturated heterocycles. The number of benzene rings is 1. The van der Waals surface area contributed by atoms with Gasteiger partial charge in [0.05, 0.1) is 5.92 Å². The molecule has 3 atom stereocenters. The zero-order valence-electron chi connectivity index (χ0n) is 14.7. The number of halogens is 1. The van der Waals surface area contributed by atoms with Gasteiger partial charge in [0.25, 0.3) is 0 Å². The monoisotopic (exact) mass is 375 g/mol. The van der Waals surface area contributed by atoms with Gasteiger partial charge in [0.2, 0.25) is 0 Å². The van der Waals surface area contributed by atoms with E-state index in [9.17, 15) is 18.8 Å². The van der Waals surface area contributed by atoms with Gasteiger partial charge in [-0.25, -0.2) is 4.39 Å². The summed E-state index contributed by atoms with van der Waals surface area (Å²) < 4.78 is 14.5. The number of nitrogens with zero attached hydrogens (tertiary/aromatic N) is 1. The highest BCUT2D eigenvalue weighted by Gasteiger charge is 2.43. The van der Waals surface area contributed by atoms with Gasteiger partial charge >= 0.3 is 0 Å². The van der Waals surface area contributed by atoms with Crippen molar-refractivity contribution in [1.29, 1.82) is 0 Å². The number of rotatable bonds is 6. The lowest BCUT2D eigenvalue weighted by Gasteiger charge is -2.43. The van der Waals surface area contributed by atoms with Crippen LogP contribution in [0.1, 0.15) is 37.8 Å². The maximum absolute atomic E-state index is 14.5. The van der Waals surface area contributed by atoms with E-state index in [4.69, 9.17) is 0 Å². The highest BCUT2D eigenvalue weighted by atomic mass is 32.2. The summed E-state index contributed by atoms with van der Waals surface area (Å²) in [5, 5.41) is -0.242. The summed E-state index contributed by atoms with van der Waals surface area (Å²) in [6.07, 6.45) is 3.00. The zero-order valence-corrected chi connectivity index (χ0v) is 15.5. The van der Waals surface area contributed by atoms with E-state index < -0.39 is 17.8 Å². The fourth-order valence-corrected chi connectivity index (χ4v) is 4.58. The van der Waals surface area contributed by atoms with Gasteiger partial charge in [0, 0.05) is 35.9 Å². The molecular formula is C20H22FNO3S. The molecule has 1 aliphatic heterocycles. The molecule has 3 rings (SSSR count). The minimum Gasteiger partial charge on any atom is -0.361 e. The third-order valence-electron chi connectivity index (χ3n) is 5.03. The maximum Gasteiger partial charge on any atom is 0.186 e. The number of hydrogen-bond acceptors (Lipinski definition) is 5. The summed E-state index contributed by atoms with van der Waals surface area (Å²) in [5.74, 6) is -1.05. The summed E-state index contributed by atoms with van der Waals surface area (Å²) in [5.41, 5.74) is 0.820. The third-order valence-corrected chi connectivity index (χ3v) is 6.20. The first kappa shape index (κ1) is 18.8. The largest absolute Gasteiger partial charge is 0.361 e. The van der Waals surface area contributed by atoms with Gasteiger partial charge in [-0.05, 0) is 25.3 Å². The molecule has 4 nitrogen and oxygen atoms in total. The molecule has 1 aliphatic carbocycles. The van der Waals surface area contributed by atoms with Crippen LogP contribution in [0.2, 0.25) is 0 Å². The van der Waals surface area contributed by atoms with Crippen molar-refractivity contribution in [2.75, 3.05) is 6.54 Å². The van der Waals surface area contributed by atoms with E-state index in [0.29, 0.717) is 24.2 Å². The Kier molecular flexibility index (Phi) is 5.61. The standard InChI is InChI=1S/C20H22FNO3S/c1-12-16(11-23)18(26-13(2)24)9-10-22(12)19(20(25)14-7-8-14)15-5-3-4-6-17(15)21/h3-6,11,14,16,18-19H,1,7-10H2,2H3. The van der Waals surface area contributed by atoms with Crippen LogP contribution < -0.4 is 0 Å². The van der Waals surface area contributed by atoms with Gasteiger partial charge in [0.15, 0.2) is 10.9 Å². The van der Waals surface area contributed by atoms with Crippen LogP contribution in [0.5, 0.6) is 0 Å². The molecule has 1 aromatic carbocycles. The highest BCUT2D eigenvalue weighted by Crippen LogP contribution is 2.43. The Balaban J connectivity index is 1.93. The SMILES string of the molecule is C=C1C(C=O)C(SC(C)=O)CCN1C(C(=O)C1CC1)c1ccccc1F. The molecule has 1 saturated carbocycles. The second kappa shape index (κ2) is 7.74. The van der Waals surface area contributed by atoms with Crippen molar-refractivity contribution in [1.82, 2.24) is 4.90 Å². The van der Waals surface area contributed by atoms with E-state index >= 15 is 0 Å². The van der Waals surface area contributed by atoms with E-state index in [1.54, 1.807) is 23.1 Å². The van der Waals surface area contributed by atoms with Gasteiger partial charge in [-0.1, -0.05) is 36.5 Å². The molecule has 0 radical (unpaired) electrons. The molecule has 0 N–H and O–H groups in total. The van der Waals surface area contributed by atoms with E-state index in [2.05, 4.69) is 6.58 Å². The number of hydrogen-bond donors (Lipinski definition) is 0. The lowest BCUT2D eigenvalue weighted by atomic mass is 9.89. The first-order valence-corrected chi connectivity index (χ1v) is 9.68. The van der Waals surface area contributed by atoms with Crippen LogP contribution in [0.4, 0.5) is 4.39 Å². The number of aldehydes is 1. The van der Waals surface area contributed by atoms with Crippen molar-refractivity contribution in [3.8, 4) is 0 Å². The van der Waals surface area contributed by atoms with E-state index in [1.807, 2.05) is 0 Å². The van der Waals surface area contributed by atoms with Crippen molar-refractivity contribution in [2.45, 2.75) is 37.5 Å². The maximum atomic E-state index is 14.5. The van der Waals surface area contributed by atoms with Crippen LogP contribution in [0, 0.1) is 17.7 Å². The summed E-state index contributed by atoms with van der Waals surface area (Å²) in [6, 6.07) is 5.52. The minimum atomic E-state index is -0.762. The number of carbonyl (C=O) groups excluding carboxylic acids is 3. The van der Waals surface area contributed by atoms with Crippen LogP contribution in [0.3, 0.4) is 0 Å². The Morgan fingerprint density at radius 3 is 2.58 bits per heavy atom. The number of thioether (sulfide) groups is 1. The van der Waals surface area contributed by atoms with E-state index in [1.165, 1.54) is 13.0 Å². The molecule has 26 heavy (non-hydrogen) atoms. The fourth-order valence-electron chi connectivity index (χ4n) is 3.56. The number of carbonyl (C=O) groups is 3. The van der Waals surface area contributed by atoms with Crippen molar-refractivity contribution < 1.29 is 18.8 Å². The Bertz CT molecular complexity index is 746. The van der Waals surface area contributed by atoms with E-state index in [0.717, 1.165) is 30.9 Å². The Labute approximate surface area is 156 Å². The smallest absolute Gasteiger partial charge is 0.186 e. The molecule has 6 heteroatoms. The molecule has 1 heterocycles. The quantitative estimate of drug-likeness (QED) is 0.712. The predicted octanol–water partition coefficient (Wildman–Crippen LogP) is 3.53. The number of piperidine rings is 1. The molecule has 0 spiro atoms. The fraction of sp³-hybridized carbons (Fsp3) is 0.450. The summed E-state index contributed by atoms with van der Waals surface area (Å²) in [4.78, 5) is 37.9. The Morgan fingerprint density at radius 1 is 1.31 bits per heavy atom. The normalized spacial score (nSPS) is 24.2. The van der Waals surface area contributed by atoms with E-state index in [-0.39, 0.29) is 22.1 Å². The summed E-state index contributed by atoms with van der Waals surface area (Å²) in [6.45, 7) is 5.98. The molecule has 138 valence electrons. The average Bonchev–Trinajstić information content (AvgIpc) is 3.43. The van der Waals surface area contributed by atoms with Gasteiger partial charge in [-0.15, -0.1) is 0 Å². The van der Waals surface area contributed by atoms with Gasteiger partial charge in [-0.3, -0.25) is 9.59 Å². The van der Waals surface area contributed by atoms with Crippen LogP contribution >= 0.6 is 11.8 Å². The minimum absolute atomic E-state index is 0.0152. The second-order valence-corrected chi connectivity index (χ2v) is 8.30. The number of likely N-dealkylation sites (tertiary alicyclic amines) is 1. The second-order valence-electron chi connectivity index (χ2n) is 6.88. The summed E-state index contributed by atoms with van der Waals surface area (Å²) >= 11 is 1.13. The predicted molar refractivity (Wildman–Crippen MR) is 98.9 cm³/mol. The lowest BCUT2D eigenvalue weighted by Crippen LogP contribution is -2.45. The first-order chi connectivity index (χ1) is 12.4. The zero-order chi connectivity index (χ0) is 18.8. The molecule has 2 fully saturated rings. The molecule has 0 aromatic heterocycles. The number of Topliss-reactive ketones (excluding diaryl/α,β-unsaturated/α-hetero) is 1. The van der Waals surface area contributed by atoms with Gasteiger partial charge in [0.1, 0.15) is 18.1 Å². The van der Waals surface area contributed by atoms with Crippen LogP contribution in [-0.4, -0.2) is 33.9 Å². The van der Waals surface area contributed by atoms with Crippen LogP contribution in [0.15, 0.2) is 36.5 Å². The average molecular weight is 375 g/mol. The molecule has 0 amide bonds. The number of allylic oxidation sites excluding steroid dienone is 1. The molecular weight excluding hydrogens is 353 g/mol. The molecule has 1 aromatic rings. The Hall–Kier alpha value is -1.95. The lowest BCUT2D eigenvalue weighted by molar-refractivity contribution is -0.126. The molecule has 0 bridgehead atoms. The summed E-state index contributed by atoms with van der Waals surface area (Å²) in [7, 11) is 0. The van der Waals surface area contributed by atoms with Crippen molar-refractivity contribution in [2.24, 2.45) is 11.8 Å². The Morgan fingerprint density at radius 2 is 2.00 bits per heavy atom. The highest BCUT2D eigenvalue weighted by molar-refractivity contribution is 8.14. The van der Waals surface area contributed by atoms with Crippen molar-refractivity contribution in [3.05, 3.63) is 47.9 Å². The van der Waals surface area contributed by atoms with Gasteiger partial charge in [-0.2, -0.15) is 0 Å². The topological polar surface area (TPSA) is 54.5 Å². The van der Waals surface area contributed by atoms with Crippen LogP contribution in [-0.2, 0) is 14.4 Å². The van der Waals surface area contributed by atoms with Crippen LogP contribution in [0.25, 0.3) is 0 Å². The molecule has 3 unspecified atom stereocenters. The van der Waals surface area contributed by atoms with Crippen molar-refractivity contribution >= 4 is 28.9 Å². The van der Waals surface area contributed by atoms with Crippen molar-refractivity contribution in [3.63, 3.8) is 0 Å². The first-order valence-electron chi connectivity index (χ1n) is 8.80. The third kappa shape index (κ3) is 3.75. The molecule has 2 aliphatic rings. The van der Waals surface area contributed by atoms with Gasteiger partial charge < -0.3 is 9.69 Å².